The lowest BCUT2D eigenvalue weighted by Gasteiger charge is -2.13. The van der Waals surface area contributed by atoms with Crippen LogP contribution in [0.2, 0.25) is 5.02 Å². The van der Waals surface area contributed by atoms with Gasteiger partial charge in [-0.25, -0.2) is 22.5 Å². The van der Waals surface area contributed by atoms with Crippen molar-refractivity contribution in [1.82, 2.24) is 9.29 Å². The number of oxazole rings is 1. The first-order valence-electron chi connectivity index (χ1n) is 8.59. The van der Waals surface area contributed by atoms with E-state index < -0.39 is 16.0 Å². The minimum absolute atomic E-state index is 0.0150. The van der Waals surface area contributed by atoms with Gasteiger partial charge in [-0.3, -0.25) is 0 Å². The summed E-state index contributed by atoms with van der Waals surface area (Å²) in [6, 6.07) is 11.4. The van der Waals surface area contributed by atoms with Crippen LogP contribution in [0, 0.1) is 6.92 Å². The zero-order valence-corrected chi connectivity index (χ0v) is 17.6. The predicted octanol–water partition coefficient (Wildman–Crippen LogP) is 3.91. The molecule has 29 heavy (non-hydrogen) atoms. The van der Waals surface area contributed by atoms with E-state index in [1.807, 2.05) is 0 Å². The summed E-state index contributed by atoms with van der Waals surface area (Å²) in [6.07, 6.45) is 1.53. The summed E-state index contributed by atoms with van der Waals surface area (Å²) in [5.74, 6) is 0.0746. The molecule has 0 amide bonds. The maximum absolute atomic E-state index is 12.5. The molecule has 1 aromatic heterocycles. The first kappa shape index (κ1) is 21.0. The molecule has 0 saturated carbocycles. The van der Waals surface area contributed by atoms with Crippen molar-refractivity contribution in [2.24, 2.45) is 0 Å². The lowest BCUT2D eigenvalue weighted by Crippen LogP contribution is -2.22. The Bertz CT molecular complexity index is 1140. The van der Waals surface area contributed by atoms with Crippen LogP contribution in [0.3, 0.4) is 0 Å². The van der Waals surface area contributed by atoms with Crippen molar-refractivity contribution < 1.29 is 22.4 Å². The van der Waals surface area contributed by atoms with Crippen LogP contribution >= 0.6 is 11.6 Å². The van der Waals surface area contributed by atoms with E-state index in [9.17, 15) is 13.2 Å². The molecule has 0 saturated heterocycles. The molecule has 0 bridgehead atoms. The number of nitrogens with zero attached hydrogens (tertiary/aromatic N) is 2. The van der Waals surface area contributed by atoms with Gasteiger partial charge in [-0.15, -0.1) is 0 Å². The highest BCUT2D eigenvalue weighted by molar-refractivity contribution is 7.89. The zero-order valence-electron chi connectivity index (χ0n) is 16.0. The highest BCUT2D eigenvalue weighted by Crippen LogP contribution is 2.23. The molecule has 9 heteroatoms. The van der Waals surface area contributed by atoms with Gasteiger partial charge in [-0.1, -0.05) is 17.7 Å². The van der Waals surface area contributed by atoms with Crippen molar-refractivity contribution >= 4 is 27.6 Å². The number of halogens is 1. The number of aromatic nitrogens is 1. The van der Waals surface area contributed by atoms with E-state index in [-0.39, 0.29) is 23.0 Å². The Morgan fingerprint density at radius 3 is 2.52 bits per heavy atom. The topological polar surface area (TPSA) is 89.7 Å². The minimum atomic E-state index is -3.66. The van der Waals surface area contributed by atoms with Gasteiger partial charge in [0.2, 0.25) is 15.9 Å². The van der Waals surface area contributed by atoms with Gasteiger partial charge in [-0.2, -0.15) is 0 Å². The minimum Gasteiger partial charge on any atom is -0.452 e. The Kier molecular flexibility index (Phi) is 6.07. The van der Waals surface area contributed by atoms with Gasteiger partial charge in [0.25, 0.3) is 0 Å². The first-order valence-corrected chi connectivity index (χ1v) is 10.4. The fraction of sp³-hybridized carbons (Fsp3) is 0.200. The van der Waals surface area contributed by atoms with Crippen molar-refractivity contribution in [3.63, 3.8) is 0 Å². The molecule has 0 unspecified atom stereocenters. The Hall–Kier alpha value is -2.68. The van der Waals surface area contributed by atoms with Crippen molar-refractivity contribution in [3.05, 3.63) is 70.7 Å². The fourth-order valence-electron chi connectivity index (χ4n) is 2.52. The summed E-state index contributed by atoms with van der Waals surface area (Å²) in [5, 5.41) is 0.608. The lowest BCUT2D eigenvalue weighted by molar-refractivity contribution is 0.0438. The Labute approximate surface area is 173 Å². The second-order valence-corrected chi connectivity index (χ2v) is 9.05. The van der Waals surface area contributed by atoms with Crippen LogP contribution in [0.5, 0.6) is 0 Å². The third kappa shape index (κ3) is 4.67. The number of sulfonamides is 1. The highest BCUT2D eigenvalue weighted by Gasteiger charge is 2.21. The second kappa shape index (κ2) is 8.36. The van der Waals surface area contributed by atoms with Gasteiger partial charge in [0, 0.05) is 24.7 Å². The van der Waals surface area contributed by atoms with Gasteiger partial charge in [0.05, 0.1) is 16.7 Å². The van der Waals surface area contributed by atoms with Gasteiger partial charge in [0.1, 0.15) is 0 Å². The summed E-state index contributed by atoms with van der Waals surface area (Å²) in [4.78, 5) is 16.6. The molecule has 152 valence electrons. The van der Waals surface area contributed by atoms with Gasteiger partial charge in [-0.05, 0) is 48.9 Å². The second-order valence-electron chi connectivity index (χ2n) is 6.47. The molecular weight excluding hydrogens is 416 g/mol. The van der Waals surface area contributed by atoms with E-state index >= 15 is 0 Å². The number of benzene rings is 2. The SMILES string of the molecule is Cc1ccc(S(=O)(=O)N(C)C)cc1C(=O)OCc1ncc(-c2ccc(Cl)cc2)o1. The maximum atomic E-state index is 12.5. The summed E-state index contributed by atoms with van der Waals surface area (Å²) in [6.45, 7) is 1.52. The van der Waals surface area contributed by atoms with Crippen molar-refractivity contribution in [2.75, 3.05) is 14.1 Å². The summed E-state index contributed by atoms with van der Waals surface area (Å²) < 4.78 is 36.5. The van der Waals surface area contributed by atoms with Gasteiger partial charge >= 0.3 is 5.97 Å². The molecule has 0 aliphatic rings. The number of hydrogen-bond acceptors (Lipinski definition) is 6. The summed E-state index contributed by atoms with van der Waals surface area (Å²) >= 11 is 5.87. The zero-order chi connectivity index (χ0) is 21.2. The smallest absolute Gasteiger partial charge is 0.338 e. The third-order valence-corrected chi connectivity index (χ3v) is 6.28. The maximum Gasteiger partial charge on any atom is 0.338 e. The molecule has 0 N–H and O–H groups in total. The summed E-state index contributed by atoms with van der Waals surface area (Å²) in [5.41, 5.74) is 1.55. The molecule has 0 aliphatic heterocycles. The number of rotatable bonds is 6. The molecule has 3 aromatic rings. The van der Waals surface area contributed by atoms with Crippen LogP contribution < -0.4 is 0 Å². The standard InChI is InChI=1S/C20H19ClN2O5S/c1-13-4-9-16(29(25,26)23(2)3)10-17(13)20(24)27-12-19-22-11-18(28-19)14-5-7-15(21)8-6-14/h4-11H,12H2,1-3H3. The molecule has 0 spiro atoms. The molecular formula is C20H19ClN2O5S. The van der Waals surface area contributed by atoms with Crippen LogP contribution in [-0.2, 0) is 21.4 Å². The third-order valence-electron chi connectivity index (χ3n) is 4.22. The molecule has 1 heterocycles. The molecule has 0 atom stereocenters. The Balaban J connectivity index is 1.74. The summed E-state index contributed by atoms with van der Waals surface area (Å²) in [7, 11) is -0.813. The van der Waals surface area contributed by atoms with Crippen molar-refractivity contribution in [1.29, 1.82) is 0 Å². The average molecular weight is 435 g/mol. The van der Waals surface area contributed by atoms with E-state index in [4.69, 9.17) is 20.8 Å². The van der Waals surface area contributed by atoms with E-state index in [1.165, 1.54) is 32.4 Å². The van der Waals surface area contributed by atoms with Crippen molar-refractivity contribution in [2.45, 2.75) is 18.4 Å². The predicted molar refractivity (Wildman–Crippen MR) is 108 cm³/mol. The van der Waals surface area contributed by atoms with Gasteiger partial charge in [0.15, 0.2) is 12.4 Å². The largest absolute Gasteiger partial charge is 0.452 e. The average Bonchev–Trinajstić information content (AvgIpc) is 3.15. The number of hydrogen-bond donors (Lipinski definition) is 0. The molecule has 0 radical (unpaired) electrons. The molecule has 7 nitrogen and oxygen atoms in total. The monoisotopic (exact) mass is 434 g/mol. The van der Waals surface area contributed by atoms with Crippen LogP contribution in [0.15, 0.2) is 58.0 Å². The number of ether oxygens (including phenoxy) is 1. The van der Waals surface area contributed by atoms with E-state index in [1.54, 1.807) is 37.3 Å². The van der Waals surface area contributed by atoms with Crippen molar-refractivity contribution in [3.8, 4) is 11.3 Å². The number of carbonyl (C=O) groups is 1. The number of carbonyl (C=O) groups excluding carboxylic acids is 1. The number of aryl methyl sites for hydroxylation is 1. The van der Waals surface area contributed by atoms with E-state index in [0.717, 1.165) is 9.87 Å². The molecule has 3 rings (SSSR count). The van der Waals surface area contributed by atoms with Gasteiger partial charge < -0.3 is 9.15 Å². The highest BCUT2D eigenvalue weighted by atomic mass is 35.5. The van der Waals surface area contributed by atoms with Crippen LogP contribution in [-0.4, -0.2) is 37.8 Å². The quantitative estimate of drug-likeness (QED) is 0.546. The normalized spacial score (nSPS) is 11.6. The Morgan fingerprint density at radius 1 is 1.17 bits per heavy atom. The molecule has 2 aromatic carbocycles. The molecule has 0 aliphatic carbocycles. The Morgan fingerprint density at radius 2 is 1.86 bits per heavy atom. The van der Waals surface area contributed by atoms with E-state index in [0.29, 0.717) is 16.3 Å². The fourth-order valence-corrected chi connectivity index (χ4v) is 3.58. The number of esters is 1. The molecule has 0 fully saturated rings. The van der Waals surface area contributed by atoms with Crippen LogP contribution in [0.25, 0.3) is 11.3 Å². The van der Waals surface area contributed by atoms with Crippen LogP contribution in [0.4, 0.5) is 0 Å². The lowest BCUT2D eigenvalue weighted by atomic mass is 10.1. The van der Waals surface area contributed by atoms with Crippen LogP contribution in [0.1, 0.15) is 21.8 Å². The van der Waals surface area contributed by atoms with E-state index in [2.05, 4.69) is 4.98 Å². The first-order chi connectivity index (χ1) is 13.7.